The van der Waals surface area contributed by atoms with Crippen LogP contribution in [0.3, 0.4) is 0 Å². The number of nitrogens with zero attached hydrogens (tertiary/aromatic N) is 1. The summed E-state index contributed by atoms with van der Waals surface area (Å²) >= 11 is 5.77. The van der Waals surface area contributed by atoms with Crippen molar-refractivity contribution in [2.45, 2.75) is 38.9 Å². The summed E-state index contributed by atoms with van der Waals surface area (Å²) in [5.41, 5.74) is -0.199. The molecule has 1 saturated heterocycles. The van der Waals surface area contributed by atoms with Crippen LogP contribution in [0.2, 0.25) is 5.02 Å². The Balaban J connectivity index is 1.84. The Morgan fingerprint density at radius 2 is 1.79 bits per heavy atom. The molecule has 4 nitrogen and oxygen atoms in total. The lowest BCUT2D eigenvalue weighted by Gasteiger charge is -2.32. The van der Waals surface area contributed by atoms with Crippen molar-refractivity contribution in [3.05, 3.63) is 47.5 Å². The van der Waals surface area contributed by atoms with Gasteiger partial charge in [-0.25, -0.2) is 4.39 Å². The van der Waals surface area contributed by atoms with Crippen molar-refractivity contribution in [2.24, 2.45) is 0 Å². The van der Waals surface area contributed by atoms with Crippen LogP contribution in [0.1, 0.15) is 27.7 Å². The molecule has 0 amide bonds. The fourth-order valence-electron chi connectivity index (χ4n) is 2.29. The third kappa shape index (κ3) is 3.14. The average molecular weight is 350 g/mol. The normalized spacial score (nSPS) is 18.7. The number of ether oxygens (including phenoxy) is 1. The smallest absolute Gasteiger partial charge is 0.453 e. The number of benzene rings is 1. The van der Waals surface area contributed by atoms with E-state index in [1.807, 2.05) is 27.7 Å². The van der Waals surface area contributed by atoms with E-state index in [1.165, 1.54) is 18.3 Å². The molecule has 0 bridgehead atoms. The van der Waals surface area contributed by atoms with Crippen LogP contribution >= 0.6 is 11.6 Å². The van der Waals surface area contributed by atoms with Gasteiger partial charge in [-0.15, -0.1) is 0 Å². The zero-order chi connectivity index (χ0) is 17.5. The minimum absolute atomic E-state index is 0.00238. The van der Waals surface area contributed by atoms with Gasteiger partial charge in [-0.05, 0) is 45.9 Å². The molecular weight excluding hydrogens is 331 g/mol. The summed E-state index contributed by atoms with van der Waals surface area (Å²) in [5, 5.41) is 0.00238. The average Bonchev–Trinajstić information content (AvgIpc) is 2.73. The van der Waals surface area contributed by atoms with Crippen molar-refractivity contribution in [2.75, 3.05) is 0 Å². The van der Waals surface area contributed by atoms with Gasteiger partial charge in [-0.2, -0.15) is 0 Å². The Bertz CT molecular complexity index is 753. The molecule has 1 fully saturated rings. The topological polar surface area (TPSA) is 40.6 Å². The van der Waals surface area contributed by atoms with Crippen LogP contribution in [0.5, 0.6) is 11.5 Å². The van der Waals surface area contributed by atoms with E-state index in [1.54, 1.807) is 18.3 Å². The van der Waals surface area contributed by atoms with Crippen molar-refractivity contribution < 1.29 is 18.4 Å². The largest absolute Gasteiger partial charge is 0.496 e. The Hall–Kier alpha value is -1.63. The maximum absolute atomic E-state index is 14.0. The van der Waals surface area contributed by atoms with E-state index in [2.05, 4.69) is 4.98 Å². The number of pyridine rings is 1. The van der Waals surface area contributed by atoms with E-state index in [9.17, 15) is 4.39 Å². The third-order valence-electron chi connectivity index (χ3n) is 4.40. The lowest BCUT2D eigenvalue weighted by Crippen LogP contribution is -2.41. The van der Waals surface area contributed by atoms with Crippen molar-refractivity contribution in [1.82, 2.24) is 4.98 Å². The molecule has 0 saturated carbocycles. The van der Waals surface area contributed by atoms with Crippen molar-refractivity contribution in [3.8, 4) is 11.5 Å². The van der Waals surface area contributed by atoms with Gasteiger partial charge in [0.1, 0.15) is 5.75 Å². The molecule has 2 aromatic rings. The van der Waals surface area contributed by atoms with Gasteiger partial charge in [0.05, 0.1) is 22.4 Å². The summed E-state index contributed by atoms with van der Waals surface area (Å²) in [6.07, 6.45) is 3.14. The third-order valence-corrected chi connectivity index (χ3v) is 4.70. The van der Waals surface area contributed by atoms with Gasteiger partial charge in [0.25, 0.3) is 0 Å². The molecule has 126 valence electrons. The SMILES string of the molecule is CC1(C)OB(c2cncc(Oc3cccc(Cl)c3F)c2)OC1(C)C. The van der Waals surface area contributed by atoms with E-state index in [0.717, 1.165) is 0 Å². The van der Waals surface area contributed by atoms with Gasteiger partial charge < -0.3 is 14.0 Å². The molecule has 0 unspecified atom stereocenters. The molecule has 0 N–H and O–H groups in total. The molecule has 7 heteroatoms. The highest BCUT2D eigenvalue weighted by Gasteiger charge is 2.51. The highest BCUT2D eigenvalue weighted by Crippen LogP contribution is 2.36. The second kappa shape index (κ2) is 6.03. The molecule has 1 aliphatic heterocycles. The van der Waals surface area contributed by atoms with E-state index in [0.29, 0.717) is 11.2 Å². The summed E-state index contributed by atoms with van der Waals surface area (Å²) in [6, 6.07) is 6.30. The van der Waals surface area contributed by atoms with Gasteiger partial charge in [0.15, 0.2) is 11.6 Å². The van der Waals surface area contributed by atoms with Crippen LogP contribution < -0.4 is 10.2 Å². The fourth-order valence-corrected chi connectivity index (χ4v) is 2.46. The van der Waals surface area contributed by atoms with Crippen molar-refractivity contribution >= 4 is 24.2 Å². The van der Waals surface area contributed by atoms with E-state index >= 15 is 0 Å². The first kappa shape index (κ1) is 17.2. The van der Waals surface area contributed by atoms with Crippen molar-refractivity contribution in [1.29, 1.82) is 0 Å². The summed E-state index contributed by atoms with van der Waals surface area (Å²) in [6.45, 7) is 7.90. The molecular formula is C17H18BClFNO3. The second-order valence-corrected chi connectivity index (χ2v) is 7.10. The molecule has 3 rings (SSSR count). The lowest BCUT2D eigenvalue weighted by atomic mass is 9.80. The van der Waals surface area contributed by atoms with Gasteiger partial charge in [0, 0.05) is 11.7 Å². The molecule has 0 radical (unpaired) electrons. The molecule has 0 atom stereocenters. The Kier molecular flexibility index (Phi) is 4.32. The summed E-state index contributed by atoms with van der Waals surface area (Å²) in [7, 11) is -0.560. The molecule has 1 aromatic carbocycles. The predicted molar refractivity (Wildman–Crippen MR) is 91.4 cm³/mol. The second-order valence-electron chi connectivity index (χ2n) is 6.70. The standard InChI is InChI=1S/C17H18BClFNO3/c1-16(2)17(3,4)24-18(23-16)11-8-12(10-21-9-11)22-14-7-5-6-13(19)15(14)20/h5-10H,1-4H3. The minimum atomic E-state index is -0.611. The van der Waals surface area contributed by atoms with Crippen LogP contribution in [0.4, 0.5) is 4.39 Å². The van der Waals surface area contributed by atoms with E-state index < -0.39 is 24.1 Å². The monoisotopic (exact) mass is 349 g/mol. The van der Waals surface area contributed by atoms with E-state index in [-0.39, 0.29) is 10.8 Å². The molecule has 0 aliphatic carbocycles. The summed E-state index contributed by atoms with van der Waals surface area (Å²) in [5.74, 6) is -0.195. The van der Waals surface area contributed by atoms with Crippen LogP contribution in [0.25, 0.3) is 0 Å². The fraction of sp³-hybridized carbons (Fsp3) is 0.353. The zero-order valence-corrected chi connectivity index (χ0v) is 14.7. The van der Waals surface area contributed by atoms with Gasteiger partial charge in [-0.1, -0.05) is 17.7 Å². The highest BCUT2D eigenvalue weighted by atomic mass is 35.5. The summed E-state index contributed by atoms with van der Waals surface area (Å²) in [4.78, 5) is 4.13. The van der Waals surface area contributed by atoms with Crippen LogP contribution in [0.15, 0.2) is 36.7 Å². The lowest BCUT2D eigenvalue weighted by molar-refractivity contribution is 0.00578. The zero-order valence-electron chi connectivity index (χ0n) is 14.0. The maximum Gasteiger partial charge on any atom is 0.496 e. The van der Waals surface area contributed by atoms with Gasteiger partial charge >= 0.3 is 7.12 Å². The minimum Gasteiger partial charge on any atom is -0.453 e. The first-order chi connectivity index (χ1) is 11.2. The van der Waals surface area contributed by atoms with E-state index in [4.69, 9.17) is 25.6 Å². The number of hydrogen-bond acceptors (Lipinski definition) is 4. The number of rotatable bonds is 3. The molecule has 1 aliphatic rings. The molecule has 1 aromatic heterocycles. The highest BCUT2D eigenvalue weighted by molar-refractivity contribution is 6.62. The van der Waals surface area contributed by atoms with Gasteiger partial charge in [0.2, 0.25) is 0 Å². The number of aromatic nitrogens is 1. The summed E-state index contributed by atoms with van der Waals surface area (Å²) < 4.78 is 31.5. The molecule has 2 heterocycles. The van der Waals surface area contributed by atoms with Crippen LogP contribution in [0, 0.1) is 5.82 Å². The quantitative estimate of drug-likeness (QED) is 0.786. The van der Waals surface area contributed by atoms with Crippen LogP contribution in [-0.2, 0) is 9.31 Å². The number of halogens is 2. The Labute approximate surface area is 146 Å². The first-order valence-electron chi connectivity index (χ1n) is 7.62. The maximum atomic E-state index is 14.0. The molecule has 24 heavy (non-hydrogen) atoms. The first-order valence-corrected chi connectivity index (χ1v) is 8.00. The predicted octanol–water partition coefficient (Wildman–Crippen LogP) is 3.97. The van der Waals surface area contributed by atoms with Gasteiger partial charge in [-0.3, -0.25) is 4.98 Å². The molecule has 0 spiro atoms. The Morgan fingerprint density at radius 3 is 2.46 bits per heavy atom. The van der Waals surface area contributed by atoms with Crippen LogP contribution in [-0.4, -0.2) is 23.3 Å². The Morgan fingerprint density at radius 1 is 1.12 bits per heavy atom. The van der Waals surface area contributed by atoms with Crippen molar-refractivity contribution in [3.63, 3.8) is 0 Å². The number of hydrogen-bond donors (Lipinski definition) is 0.